The van der Waals surface area contributed by atoms with Gasteiger partial charge in [0.05, 0.1) is 6.54 Å². The topological polar surface area (TPSA) is 69.8 Å². The predicted octanol–water partition coefficient (Wildman–Crippen LogP) is 1.41. The fourth-order valence-corrected chi connectivity index (χ4v) is 2.73. The van der Waals surface area contributed by atoms with Crippen LogP contribution in [-0.4, -0.2) is 54.2 Å². The molecule has 1 aliphatic rings. The van der Waals surface area contributed by atoms with E-state index in [2.05, 4.69) is 30.2 Å². The summed E-state index contributed by atoms with van der Waals surface area (Å²) < 4.78 is 18.0. The SMILES string of the molecule is CN=C(NCc1noc(C)n1)N1CCN(c2ccc(F)cc2)CC1. The van der Waals surface area contributed by atoms with E-state index in [0.29, 0.717) is 18.3 Å². The van der Waals surface area contributed by atoms with Crippen LogP contribution in [0.5, 0.6) is 0 Å². The first-order valence-electron chi connectivity index (χ1n) is 7.91. The molecular formula is C16H21FN6O. The molecule has 0 radical (unpaired) electrons. The van der Waals surface area contributed by atoms with Gasteiger partial charge in [-0.3, -0.25) is 4.99 Å². The van der Waals surface area contributed by atoms with Crippen molar-refractivity contribution in [3.63, 3.8) is 0 Å². The lowest BCUT2D eigenvalue weighted by Crippen LogP contribution is -2.52. The number of nitrogens with one attached hydrogen (secondary N) is 1. The van der Waals surface area contributed by atoms with Gasteiger partial charge in [-0.2, -0.15) is 4.98 Å². The minimum atomic E-state index is -0.210. The molecule has 1 aliphatic heterocycles. The number of anilines is 1. The first-order chi connectivity index (χ1) is 11.7. The molecule has 0 atom stereocenters. The second-order valence-corrected chi connectivity index (χ2v) is 5.58. The summed E-state index contributed by atoms with van der Waals surface area (Å²) >= 11 is 0. The predicted molar refractivity (Wildman–Crippen MR) is 89.4 cm³/mol. The molecule has 2 aromatic rings. The van der Waals surface area contributed by atoms with Crippen molar-refractivity contribution in [2.75, 3.05) is 38.1 Å². The maximum atomic E-state index is 13.0. The smallest absolute Gasteiger partial charge is 0.223 e. The number of halogens is 1. The highest BCUT2D eigenvalue weighted by Gasteiger charge is 2.20. The van der Waals surface area contributed by atoms with Gasteiger partial charge in [0.15, 0.2) is 11.8 Å². The standard InChI is InChI=1S/C16H21FN6O/c1-12-20-15(21-24-12)11-19-16(18-2)23-9-7-22(8-10-23)14-5-3-13(17)4-6-14/h3-6H,7-11H2,1-2H3,(H,18,19). The quantitative estimate of drug-likeness (QED) is 0.677. The monoisotopic (exact) mass is 332 g/mol. The Kier molecular flexibility index (Phi) is 4.93. The van der Waals surface area contributed by atoms with Gasteiger partial charge in [0.1, 0.15) is 5.82 Å². The zero-order valence-electron chi connectivity index (χ0n) is 13.9. The first kappa shape index (κ1) is 16.2. The average Bonchev–Trinajstić information content (AvgIpc) is 3.02. The van der Waals surface area contributed by atoms with E-state index >= 15 is 0 Å². The Bertz CT molecular complexity index is 691. The van der Waals surface area contributed by atoms with Gasteiger partial charge in [0.2, 0.25) is 5.89 Å². The second kappa shape index (κ2) is 7.29. The van der Waals surface area contributed by atoms with Gasteiger partial charge in [-0.15, -0.1) is 0 Å². The van der Waals surface area contributed by atoms with Crippen LogP contribution in [0.15, 0.2) is 33.8 Å². The van der Waals surface area contributed by atoms with Gasteiger partial charge in [0, 0.05) is 45.8 Å². The number of hydrogen-bond acceptors (Lipinski definition) is 5. The first-order valence-corrected chi connectivity index (χ1v) is 7.91. The Morgan fingerprint density at radius 1 is 1.25 bits per heavy atom. The Hall–Kier alpha value is -2.64. The van der Waals surface area contributed by atoms with Crippen molar-refractivity contribution in [3.05, 3.63) is 41.8 Å². The van der Waals surface area contributed by atoms with Gasteiger partial charge < -0.3 is 19.6 Å². The van der Waals surface area contributed by atoms with E-state index in [1.165, 1.54) is 12.1 Å². The van der Waals surface area contributed by atoms with E-state index in [4.69, 9.17) is 4.52 Å². The van der Waals surface area contributed by atoms with E-state index in [-0.39, 0.29) is 5.82 Å². The third kappa shape index (κ3) is 3.81. The molecule has 24 heavy (non-hydrogen) atoms. The number of piperazine rings is 1. The molecule has 128 valence electrons. The van der Waals surface area contributed by atoms with Gasteiger partial charge in [-0.05, 0) is 24.3 Å². The summed E-state index contributed by atoms with van der Waals surface area (Å²) in [5.41, 5.74) is 1.04. The van der Waals surface area contributed by atoms with Crippen molar-refractivity contribution in [1.82, 2.24) is 20.4 Å². The Labute approximate surface area is 140 Å². The van der Waals surface area contributed by atoms with Gasteiger partial charge in [-0.1, -0.05) is 5.16 Å². The van der Waals surface area contributed by atoms with Gasteiger partial charge in [0.25, 0.3) is 0 Å². The molecule has 0 unspecified atom stereocenters. The molecule has 0 spiro atoms. The molecule has 0 aliphatic carbocycles. The maximum absolute atomic E-state index is 13.0. The largest absolute Gasteiger partial charge is 0.368 e. The Morgan fingerprint density at radius 2 is 1.96 bits per heavy atom. The maximum Gasteiger partial charge on any atom is 0.223 e. The van der Waals surface area contributed by atoms with Crippen molar-refractivity contribution >= 4 is 11.6 Å². The number of aliphatic imine (C=N–C) groups is 1. The number of hydrogen-bond donors (Lipinski definition) is 1. The van der Waals surface area contributed by atoms with Crippen molar-refractivity contribution in [3.8, 4) is 0 Å². The molecule has 1 saturated heterocycles. The number of aryl methyl sites for hydroxylation is 1. The van der Waals surface area contributed by atoms with Crippen molar-refractivity contribution in [2.24, 2.45) is 4.99 Å². The van der Waals surface area contributed by atoms with Crippen LogP contribution in [0.3, 0.4) is 0 Å². The molecule has 0 saturated carbocycles. The minimum Gasteiger partial charge on any atom is -0.368 e. The fourth-order valence-electron chi connectivity index (χ4n) is 2.73. The van der Waals surface area contributed by atoms with Gasteiger partial charge in [-0.25, -0.2) is 4.39 Å². The normalized spacial score (nSPS) is 15.7. The van der Waals surface area contributed by atoms with Crippen molar-refractivity contribution < 1.29 is 8.91 Å². The molecule has 7 nitrogen and oxygen atoms in total. The highest BCUT2D eigenvalue weighted by molar-refractivity contribution is 5.80. The van der Waals surface area contributed by atoms with Crippen LogP contribution in [0.2, 0.25) is 0 Å². The lowest BCUT2D eigenvalue weighted by atomic mass is 10.2. The third-order valence-corrected chi connectivity index (χ3v) is 3.96. The summed E-state index contributed by atoms with van der Waals surface area (Å²) in [6, 6.07) is 6.62. The molecular weight excluding hydrogens is 311 g/mol. The fraction of sp³-hybridized carbons (Fsp3) is 0.438. The van der Waals surface area contributed by atoms with E-state index in [1.807, 2.05) is 12.1 Å². The molecule has 0 bridgehead atoms. The van der Waals surface area contributed by atoms with E-state index < -0.39 is 0 Å². The zero-order chi connectivity index (χ0) is 16.9. The van der Waals surface area contributed by atoms with Crippen LogP contribution in [0.4, 0.5) is 10.1 Å². The highest BCUT2D eigenvalue weighted by atomic mass is 19.1. The summed E-state index contributed by atoms with van der Waals surface area (Å²) in [4.78, 5) is 12.9. The summed E-state index contributed by atoms with van der Waals surface area (Å²) in [5, 5.41) is 7.12. The number of guanidine groups is 1. The van der Waals surface area contributed by atoms with E-state index in [1.54, 1.807) is 14.0 Å². The molecule has 8 heteroatoms. The van der Waals surface area contributed by atoms with E-state index in [0.717, 1.165) is 37.8 Å². The molecule has 1 aromatic carbocycles. The average molecular weight is 332 g/mol. The number of nitrogens with zero attached hydrogens (tertiary/aromatic N) is 5. The van der Waals surface area contributed by atoms with E-state index in [9.17, 15) is 4.39 Å². The summed E-state index contributed by atoms with van der Waals surface area (Å²) in [6.07, 6.45) is 0. The minimum absolute atomic E-state index is 0.210. The molecule has 0 amide bonds. The van der Waals surface area contributed by atoms with Crippen molar-refractivity contribution in [2.45, 2.75) is 13.5 Å². The highest BCUT2D eigenvalue weighted by Crippen LogP contribution is 2.16. The van der Waals surface area contributed by atoms with Crippen molar-refractivity contribution in [1.29, 1.82) is 0 Å². The number of rotatable bonds is 3. The Morgan fingerprint density at radius 3 is 2.54 bits per heavy atom. The molecule has 2 heterocycles. The second-order valence-electron chi connectivity index (χ2n) is 5.58. The van der Waals surface area contributed by atoms with Crippen LogP contribution < -0.4 is 10.2 Å². The third-order valence-electron chi connectivity index (χ3n) is 3.96. The summed E-state index contributed by atoms with van der Waals surface area (Å²) in [7, 11) is 1.76. The Balaban J connectivity index is 1.53. The molecule has 1 fully saturated rings. The van der Waals surface area contributed by atoms with Crippen LogP contribution in [0, 0.1) is 12.7 Å². The lowest BCUT2D eigenvalue weighted by Gasteiger charge is -2.37. The summed E-state index contributed by atoms with van der Waals surface area (Å²) in [5.74, 6) is 1.77. The van der Waals surface area contributed by atoms with Crippen LogP contribution >= 0.6 is 0 Å². The molecule has 3 rings (SSSR count). The van der Waals surface area contributed by atoms with Crippen LogP contribution in [0.1, 0.15) is 11.7 Å². The zero-order valence-corrected chi connectivity index (χ0v) is 13.9. The van der Waals surface area contributed by atoms with Crippen LogP contribution in [0.25, 0.3) is 0 Å². The van der Waals surface area contributed by atoms with Gasteiger partial charge >= 0.3 is 0 Å². The van der Waals surface area contributed by atoms with Crippen LogP contribution in [-0.2, 0) is 6.54 Å². The molecule has 1 N–H and O–H groups in total. The summed E-state index contributed by atoms with van der Waals surface area (Å²) in [6.45, 7) is 5.62. The molecule has 1 aromatic heterocycles. The number of benzene rings is 1. The number of aromatic nitrogens is 2. The lowest BCUT2D eigenvalue weighted by molar-refractivity contribution is 0.369.